The quantitative estimate of drug-likeness (QED) is 0.0699. The normalized spacial score (nSPS) is 29.3. The number of aromatic nitrogens is 8. The molecule has 26 nitrogen and oxygen atoms in total. The Morgan fingerprint density at radius 3 is 2.00 bits per heavy atom. The van der Waals surface area contributed by atoms with Crippen LogP contribution in [-0.2, 0) is 36.7 Å². The first-order valence-corrected chi connectivity index (χ1v) is 17.0. The first-order chi connectivity index (χ1) is 23.6. The van der Waals surface area contributed by atoms with Crippen molar-refractivity contribution < 1.29 is 71.7 Å². The molecule has 0 aromatic carbocycles. The SMILES string of the molecule is COC(=O)Nc1ncnc2c1ncn2[C@@H]1O[C@H](COP(=O)(O)OP(=O)(O)OC[C@H]2O[C@@H](n3cnc4c(=O)[nH]c(N)nc43)C(O)[C@H]2O)[C@H](O)C1O. The molecule has 2 aliphatic rings. The van der Waals surface area contributed by atoms with Gasteiger partial charge in [-0.25, -0.2) is 33.9 Å². The topological polar surface area (TPSA) is 373 Å². The number of phosphoric ester groups is 2. The van der Waals surface area contributed by atoms with Gasteiger partial charge in [-0.1, -0.05) is 0 Å². The molecule has 10 N–H and O–H groups in total. The fraction of sp³-hybridized carbons (Fsp3) is 0.500. The zero-order chi connectivity index (χ0) is 36.1. The maximum Gasteiger partial charge on any atom is 0.481 e. The van der Waals surface area contributed by atoms with E-state index in [9.17, 15) is 48.9 Å². The summed E-state index contributed by atoms with van der Waals surface area (Å²) in [6, 6.07) is 0. The Bertz CT molecular complexity index is 2060. The van der Waals surface area contributed by atoms with Gasteiger partial charge >= 0.3 is 21.7 Å². The summed E-state index contributed by atoms with van der Waals surface area (Å²) in [4.78, 5) is 65.9. The van der Waals surface area contributed by atoms with Gasteiger partial charge in [0.2, 0.25) is 5.95 Å². The number of aliphatic hydroxyl groups is 4. The van der Waals surface area contributed by atoms with Crippen LogP contribution in [0.3, 0.4) is 0 Å². The van der Waals surface area contributed by atoms with E-state index in [1.54, 1.807) is 0 Å². The predicted octanol–water partition coefficient (Wildman–Crippen LogP) is -2.79. The van der Waals surface area contributed by atoms with Gasteiger partial charge in [0, 0.05) is 0 Å². The lowest BCUT2D eigenvalue weighted by atomic mass is 10.1. The molecule has 1 amide bonds. The molecule has 4 unspecified atom stereocenters. The summed E-state index contributed by atoms with van der Waals surface area (Å²) in [6.07, 6.45) is -10.2. The molecule has 2 fully saturated rings. The second-order valence-electron chi connectivity index (χ2n) is 10.6. The molecule has 2 aliphatic heterocycles. The molecule has 0 aliphatic carbocycles. The molecule has 0 bridgehead atoms. The molecular formula is C22H28N10O16P2. The summed E-state index contributed by atoms with van der Waals surface area (Å²) < 4.78 is 56.7. The van der Waals surface area contributed by atoms with E-state index in [1.165, 1.54) is 4.57 Å². The van der Waals surface area contributed by atoms with Crippen LogP contribution in [0.5, 0.6) is 0 Å². The third-order valence-electron chi connectivity index (χ3n) is 7.45. The highest BCUT2D eigenvalue weighted by Crippen LogP contribution is 2.60. The number of aliphatic hydroxyl groups excluding tert-OH is 4. The van der Waals surface area contributed by atoms with E-state index < -0.39 is 89.6 Å². The average Bonchev–Trinajstić information content (AvgIpc) is 3.80. The number of phosphoric acid groups is 2. The van der Waals surface area contributed by atoms with Crippen molar-refractivity contribution in [2.24, 2.45) is 0 Å². The van der Waals surface area contributed by atoms with E-state index >= 15 is 0 Å². The number of carbonyl (C=O) groups is 1. The third kappa shape index (κ3) is 6.97. The Kier molecular flexibility index (Phi) is 9.74. The molecule has 0 spiro atoms. The van der Waals surface area contributed by atoms with Crippen molar-refractivity contribution in [1.82, 2.24) is 39.0 Å². The van der Waals surface area contributed by atoms with Gasteiger partial charge in [0.25, 0.3) is 5.56 Å². The summed E-state index contributed by atoms with van der Waals surface area (Å²) in [7, 11) is -9.77. The summed E-state index contributed by atoms with van der Waals surface area (Å²) in [6.45, 7) is -1.93. The minimum absolute atomic E-state index is 0.0416. The van der Waals surface area contributed by atoms with Crippen LogP contribution in [0.15, 0.2) is 23.8 Å². The lowest BCUT2D eigenvalue weighted by molar-refractivity contribution is -0.0530. The van der Waals surface area contributed by atoms with Crippen molar-refractivity contribution in [2.75, 3.05) is 31.4 Å². The van der Waals surface area contributed by atoms with Crippen LogP contribution in [0.4, 0.5) is 16.6 Å². The molecule has 50 heavy (non-hydrogen) atoms. The molecule has 0 saturated carbocycles. The number of anilines is 2. The van der Waals surface area contributed by atoms with Crippen LogP contribution in [0.25, 0.3) is 22.3 Å². The fourth-order valence-electron chi connectivity index (χ4n) is 5.11. The Hall–Kier alpha value is -4.01. The number of carbonyl (C=O) groups excluding carboxylic acids is 1. The Balaban J connectivity index is 1.05. The Labute approximate surface area is 276 Å². The zero-order valence-corrected chi connectivity index (χ0v) is 26.9. The number of nitrogen functional groups attached to an aromatic ring is 1. The van der Waals surface area contributed by atoms with Crippen LogP contribution >= 0.6 is 15.6 Å². The van der Waals surface area contributed by atoms with Crippen LogP contribution in [0, 0.1) is 0 Å². The second kappa shape index (κ2) is 13.6. The minimum atomic E-state index is -5.45. The number of ether oxygens (including phenoxy) is 3. The summed E-state index contributed by atoms with van der Waals surface area (Å²) in [5, 5.41) is 44.5. The van der Waals surface area contributed by atoms with Crippen LogP contribution in [0.2, 0.25) is 0 Å². The number of hydrogen-bond acceptors (Lipinski definition) is 20. The average molecular weight is 750 g/mol. The zero-order valence-electron chi connectivity index (χ0n) is 25.1. The number of H-pyrrole nitrogens is 1. The maximum atomic E-state index is 12.6. The number of methoxy groups -OCH3 is 1. The van der Waals surface area contributed by atoms with Crippen molar-refractivity contribution >= 4 is 55.8 Å². The van der Waals surface area contributed by atoms with Crippen LogP contribution in [-0.4, -0.2) is 132 Å². The van der Waals surface area contributed by atoms with Gasteiger partial charge in [-0.3, -0.25) is 33.3 Å². The highest BCUT2D eigenvalue weighted by Gasteiger charge is 2.48. The standard InChI is InChI=1S/C22H28N10O16P2/c1-43-22(38)28-15-9-16(25-4-24-15)31(5-26-9)19-13(35)11(33)7(46-19)2-44-49(39,40)48-50(41,42)45-3-8-12(34)14(36)20(47-8)32-6-27-10-17(32)29-21(23)30-18(10)37/h4-8,11-14,19-20,33-36H,2-3H2,1H3,(H,39,40)(H,41,42)(H3,23,29,30,37)(H,24,25,28,38)/t7-,8-,11+,12+,13?,14?,19-,20-/m1/s1. The number of rotatable bonds is 11. The molecule has 0 radical (unpaired) electrons. The molecule has 6 rings (SSSR count). The fourth-order valence-corrected chi connectivity index (χ4v) is 7.20. The van der Waals surface area contributed by atoms with E-state index in [2.05, 4.69) is 44.3 Å². The number of nitrogens with one attached hydrogen (secondary N) is 2. The van der Waals surface area contributed by atoms with Gasteiger partial charge in [0.1, 0.15) is 43.0 Å². The van der Waals surface area contributed by atoms with E-state index in [-0.39, 0.29) is 34.1 Å². The van der Waals surface area contributed by atoms with Gasteiger partial charge in [-0.05, 0) is 0 Å². The van der Waals surface area contributed by atoms with Crippen LogP contribution in [0.1, 0.15) is 12.5 Å². The Morgan fingerprint density at radius 1 is 0.900 bits per heavy atom. The molecule has 6 heterocycles. The number of fused-ring (bicyclic) bond motifs is 2. The lowest BCUT2D eigenvalue weighted by Crippen LogP contribution is -2.34. The summed E-state index contributed by atoms with van der Waals surface area (Å²) in [5.74, 6) is -0.317. The first-order valence-electron chi connectivity index (χ1n) is 14.0. The van der Waals surface area contributed by atoms with Gasteiger partial charge in [-0.15, -0.1) is 0 Å². The van der Waals surface area contributed by atoms with E-state index in [1.807, 2.05) is 0 Å². The molecule has 10 atom stereocenters. The van der Waals surface area contributed by atoms with Crippen molar-refractivity contribution in [2.45, 2.75) is 49.1 Å². The number of hydrogen-bond donors (Lipinski definition) is 9. The molecule has 272 valence electrons. The van der Waals surface area contributed by atoms with E-state index in [0.29, 0.717) is 0 Å². The van der Waals surface area contributed by atoms with Crippen molar-refractivity contribution in [3.8, 4) is 0 Å². The third-order valence-corrected chi connectivity index (χ3v) is 10.0. The smallest absolute Gasteiger partial charge is 0.453 e. The van der Waals surface area contributed by atoms with E-state index in [0.717, 1.165) is 30.7 Å². The number of nitrogens with two attached hydrogens (primary N) is 1. The lowest BCUT2D eigenvalue weighted by Gasteiger charge is -2.20. The number of imidazole rings is 2. The van der Waals surface area contributed by atoms with Gasteiger partial charge in [0.15, 0.2) is 40.6 Å². The van der Waals surface area contributed by atoms with Gasteiger partial charge < -0.3 is 50.2 Å². The first kappa shape index (κ1) is 35.8. The summed E-state index contributed by atoms with van der Waals surface area (Å²) in [5.41, 5.74) is 4.71. The van der Waals surface area contributed by atoms with Gasteiger partial charge in [-0.2, -0.15) is 9.29 Å². The largest absolute Gasteiger partial charge is 0.481 e. The van der Waals surface area contributed by atoms with Crippen molar-refractivity contribution in [3.63, 3.8) is 0 Å². The second-order valence-corrected chi connectivity index (χ2v) is 13.7. The molecule has 28 heteroatoms. The van der Waals surface area contributed by atoms with Crippen molar-refractivity contribution in [3.05, 3.63) is 29.3 Å². The number of amides is 1. The minimum Gasteiger partial charge on any atom is -0.453 e. The number of aromatic amines is 1. The van der Waals surface area contributed by atoms with Gasteiger partial charge in [0.05, 0.1) is 33.0 Å². The highest BCUT2D eigenvalue weighted by atomic mass is 31.3. The predicted molar refractivity (Wildman–Crippen MR) is 158 cm³/mol. The number of nitrogens with zero attached hydrogens (tertiary/aromatic N) is 7. The highest BCUT2D eigenvalue weighted by molar-refractivity contribution is 7.61. The van der Waals surface area contributed by atoms with E-state index in [4.69, 9.17) is 24.3 Å². The molecule has 2 saturated heterocycles. The molecule has 4 aromatic rings. The molecule has 4 aromatic heterocycles. The van der Waals surface area contributed by atoms with Crippen molar-refractivity contribution in [1.29, 1.82) is 0 Å². The summed E-state index contributed by atoms with van der Waals surface area (Å²) >= 11 is 0. The monoisotopic (exact) mass is 750 g/mol. The van der Waals surface area contributed by atoms with Crippen LogP contribution < -0.4 is 16.6 Å². The Morgan fingerprint density at radius 2 is 1.44 bits per heavy atom. The molecular weight excluding hydrogens is 722 g/mol. The maximum absolute atomic E-state index is 12.6.